The van der Waals surface area contributed by atoms with E-state index < -0.39 is 10.8 Å². The van der Waals surface area contributed by atoms with Crippen molar-refractivity contribution >= 4 is 17.3 Å². The molecule has 2 aromatic carbocycles. The van der Waals surface area contributed by atoms with E-state index in [9.17, 15) is 14.9 Å². The molecule has 0 saturated carbocycles. The lowest BCUT2D eigenvalue weighted by molar-refractivity contribution is -0.385. The molecule has 0 aliphatic carbocycles. The van der Waals surface area contributed by atoms with Gasteiger partial charge in [0.25, 0.3) is 11.6 Å². The Hall–Kier alpha value is -2.93. The number of nitrogens with zero attached hydrogens (tertiary/aromatic N) is 1. The van der Waals surface area contributed by atoms with Gasteiger partial charge in [0, 0.05) is 18.4 Å². The SMILES string of the molecule is COc1ccc([N+](=O)[O-])c(C(=O)Nc2ccc(CCO)cc2)c1. The van der Waals surface area contributed by atoms with Crippen molar-refractivity contribution in [1.82, 2.24) is 0 Å². The number of hydrogen-bond donors (Lipinski definition) is 2. The number of rotatable bonds is 6. The minimum Gasteiger partial charge on any atom is -0.497 e. The van der Waals surface area contributed by atoms with Gasteiger partial charge >= 0.3 is 0 Å². The largest absolute Gasteiger partial charge is 0.497 e. The van der Waals surface area contributed by atoms with E-state index in [4.69, 9.17) is 9.84 Å². The first-order valence-electron chi connectivity index (χ1n) is 6.88. The summed E-state index contributed by atoms with van der Waals surface area (Å²) in [7, 11) is 1.42. The van der Waals surface area contributed by atoms with Gasteiger partial charge in [0.05, 0.1) is 12.0 Å². The Balaban J connectivity index is 2.24. The van der Waals surface area contributed by atoms with Gasteiger partial charge in [-0.1, -0.05) is 12.1 Å². The summed E-state index contributed by atoms with van der Waals surface area (Å²) in [6.45, 7) is 0.0434. The number of carbonyl (C=O) groups excluding carboxylic acids is 1. The molecule has 7 heteroatoms. The maximum atomic E-state index is 12.3. The van der Waals surface area contributed by atoms with Crippen molar-refractivity contribution in [2.45, 2.75) is 6.42 Å². The predicted molar refractivity (Wildman–Crippen MR) is 84.8 cm³/mol. The fourth-order valence-corrected chi connectivity index (χ4v) is 2.07. The monoisotopic (exact) mass is 316 g/mol. The smallest absolute Gasteiger partial charge is 0.282 e. The Bertz CT molecular complexity index is 713. The molecule has 2 N–H and O–H groups in total. The summed E-state index contributed by atoms with van der Waals surface area (Å²) < 4.78 is 5.01. The average Bonchev–Trinajstić information content (AvgIpc) is 2.56. The van der Waals surface area contributed by atoms with E-state index in [1.807, 2.05) is 0 Å². The first-order valence-corrected chi connectivity index (χ1v) is 6.88. The molecule has 7 nitrogen and oxygen atoms in total. The highest BCUT2D eigenvalue weighted by Gasteiger charge is 2.21. The summed E-state index contributed by atoms with van der Waals surface area (Å²) in [6.07, 6.45) is 0.523. The molecule has 2 aromatic rings. The average molecular weight is 316 g/mol. The fraction of sp³-hybridized carbons (Fsp3) is 0.188. The molecule has 0 saturated heterocycles. The lowest BCUT2D eigenvalue weighted by Gasteiger charge is -2.08. The minimum atomic E-state index is -0.612. The number of hydrogen-bond acceptors (Lipinski definition) is 5. The Morgan fingerprint density at radius 2 is 1.96 bits per heavy atom. The Labute approximate surface area is 132 Å². The highest BCUT2D eigenvalue weighted by atomic mass is 16.6. The zero-order valence-electron chi connectivity index (χ0n) is 12.5. The number of nitro benzene ring substituents is 1. The number of nitrogens with one attached hydrogen (secondary N) is 1. The Morgan fingerprint density at radius 1 is 1.26 bits per heavy atom. The van der Waals surface area contributed by atoms with Crippen LogP contribution >= 0.6 is 0 Å². The molecule has 0 spiro atoms. The van der Waals surface area contributed by atoms with Crippen LogP contribution in [-0.2, 0) is 6.42 Å². The first kappa shape index (κ1) is 16.4. The Kier molecular flexibility index (Phi) is 5.27. The zero-order chi connectivity index (χ0) is 16.8. The van der Waals surface area contributed by atoms with Gasteiger partial charge in [-0.25, -0.2) is 0 Å². The number of aliphatic hydroxyl groups is 1. The van der Waals surface area contributed by atoms with Crippen LogP contribution in [0.2, 0.25) is 0 Å². The van der Waals surface area contributed by atoms with Crippen molar-refractivity contribution in [3.05, 3.63) is 63.7 Å². The van der Waals surface area contributed by atoms with E-state index in [0.29, 0.717) is 17.9 Å². The number of anilines is 1. The quantitative estimate of drug-likeness (QED) is 0.629. The van der Waals surface area contributed by atoms with E-state index in [2.05, 4.69) is 5.32 Å². The molecule has 0 aliphatic heterocycles. The molecule has 0 unspecified atom stereocenters. The van der Waals surface area contributed by atoms with Crippen LogP contribution < -0.4 is 10.1 Å². The lowest BCUT2D eigenvalue weighted by Crippen LogP contribution is -2.14. The molecule has 1 amide bonds. The highest BCUT2D eigenvalue weighted by molar-refractivity contribution is 6.07. The molecule has 0 fully saturated rings. The third kappa shape index (κ3) is 4.04. The summed E-state index contributed by atoms with van der Waals surface area (Å²) in [5, 5.41) is 22.5. The van der Waals surface area contributed by atoms with Crippen molar-refractivity contribution in [3.63, 3.8) is 0 Å². The van der Waals surface area contributed by atoms with Gasteiger partial charge in [-0.15, -0.1) is 0 Å². The molecule has 0 aromatic heterocycles. The van der Waals surface area contributed by atoms with Crippen LogP contribution in [0.3, 0.4) is 0 Å². The molecule has 0 aliphatic rings. The molecule has 23 heavy (non-hydrogen) atoms. The van der Waals surface area contributed by atoms with Gasteiger partial charge in [-0.05, 0) is 36.2 Å². The van der Waals surface area contributed by atoms with Crippen molar-refractivity contribution < 1.29 is 19.6 Å². The standard InChI is InChI=1S/C16H16N2O5/c1-23-13-6-7-15(18(21)22)14(10-13)16(20)17-12-4-2-11(3-5-12)8-9-19/h2-7,10,19H,8-9H2,1H3,(H,17,20). The number of methoxy groups -OCH3 is 1. The van der Waals surface area contributed by atoms with Crippen LogP contribution in [0, 0.1) is 10.1 Å². The molecule has 0 atom stereocenters. The second-order valence-electron chi connectivity index (χ2n) is 4.76. The van der Waals surface area contributed by atoms with Crippen LogP contribution in [0.15, 0.2) is 42.5 Å². The van der Waals surface area contributed by atoms with Gasteiger partial charge in [-0.2, -0.15) is 0 Å². The molecule has 0 radical (unpaired) electrons. The van der Waals surface area contributed by atoms with Crippen LogP contribution in [-0.4, -0.2) is 29.7 Å². The number of ether oxygens (including phenoxy) is 1. The zero-order valence-corrected chi connectivity index (χ0v) is 12.5. The van der Waals surface area contributed by atoms with Crippen molar-refractivity contribution in [2.24, 2.45) is 0 Å². The molecule has 120 valence electrons. The summed E-state index contributed by atoms with van der Waals surface area (Å²) in [5.41, 5.74) is 1.07. The van der Waals surface area contributed by atoms with E-state index in [0.717, 1.165) is 5.56 Å². The predicted octanol–water partition coefficient (Wildman–Crippen LogP) is 2.39. The fourth-order valence-electron chi connectivity index (χ4n) is 2.07. The van der Waals surface area contributed by atoms with E-state index in [1.54, 1.807) is 24.3 Å². The topological polar surface area (TPSA) is 102 Å². The molecule has 0 heterocycles. The minimum absolute atomic E-state index is 0.0434. The van der Waals surface area contributed by atoms with Crippen LogP contribution in [0.1, 0.15) is 15.9 Å². The van der Waals surface area contributed by atoms with Crippen molar-refractivity contribution in [3.8, 4) is 5.75 Å². The number of aliphatic hydroxyl groups excluding tert-OH is 1. The lowest BCUT2D eigenvalue weighted by atomic mass is 10.1. The van der Waals surface area contributed by atoms with E-state index >= 15 is 0 Å². The van der Waals surface area contributed by atoms with Gasteiger partial charge in [0.15, 0.2) is 0 Å². The number of benzene rings is 2. The third-order valence-electron chi connectivity index (χ3n) is 3.26. The van der Waals surface area contributed by atoms with Gasteiger partial charge < -0.3 is 15.2 Å². The van der Waals surface area contributed by atoms with E-state index in [1.165, 1.54) is 25.3 Å². The second-order valence-corrected chi connectivity index (χ2v) is 4.76. The van der Waals surface area contributed by atoms with E-state index in [-0.39, 0.29) is 17.9 Å². The van der Waals surface area contributed by atoms with Crippen molar-refractivity contribution in [1.29, 1.82) is 0 Å². The first-order chi connectivity index (χ1) is 11.0. The molecule has 0 bridgehead atoms. The third-order valence-corrected chi connectivity index (χ3v) is 3.26. The second kappa shape index (κ2) is 7.37. The van der Waals surface area contributed by atoms with Gasteiger partial charge in [-0.3, -0.25) is 14.9 Å². The number of carbonyl (C=O) groups is 1. The highest BCUT2D eigenvalue weighted by Crippen LogP contribution is 2.25. The number of nitro groups is 1. The summed E-state index contributed by atoms with van der Waals surface area (Å²) in [4.78, 5) is 22.8. The maximum absolute atomic E-state index is 12.3. The Morgan fingerprint density at radius 3 is 2.52 bits per heavy atom. The summed E-state index contributed by atoms with van der Waals surface area (Å²) in [5.74, 6) is -0.232. The van der Waals surface area contributed by atoms with Crippen LogP contribution in [0.4, 0.5) is 11.4 Å². The maximum Gasteiger partial charge on any atom is 0.282 e. The summed E-state index contributed by atoms with van der Waals surface area (Å²) >= 11 is 0. The normalized spacial score (nSPS) is 10.2. The molecular formula is C16H16N2O5. The number of amides is 1. The molecule has 2 rings (SSSR count). The van der Waals surface area contributed by atoms with Gasteiger partial charge in [0.1, 0.15) is 11.3 Å². The van der Waals surface area contributed by atoms with Crippen LogP contribution in [0.25, 0.3) is 0 Å². The van der Waals surface area contributed by atoms with Gasteiger partial charge in [0.2, 0.25) is 0 Å². The van der Waals surface area contributed by atoms with Crippen LogP contribution in [0.5, 0.6) is 5.75 Å². The van der Waals surface area contributed by atoms with Crippen molar-refractivity contribution in [2.75, 3.05) is 19.0 Å². The molecular weight excluding hydrogens is 300 g/mol. The summed E-state index contributed by atoms with van der Waals surface area (Å²) in [6, 6.07) is 10.9.